The van der Waals surface area contributed by atoms with Gasteiger partial charge in [-0.3, -0.25) is 19.2 Å². The molecule has 1 N–H and O–H groups in total. The lowest BCUT2D eigenvalue weighted by Gasteiger charge is -2.40. The van der Waals surface area contributed by atoms with E-state index in [1.807, 2.05) is 0 Å². The highest BCUT2D eigenvalue weighted by atomic mass is 35.5. The second kappa shape index (κ2) is 9.25. The number of imide groups is 2. The number of anilines is 1. The Morgan fingerprint density at radius 2 is 1.33 bits per heavy atom. The summed E-state index contributed by atoms with van der Waals surface area (Å²) in [5.74, 6) is -2.32. The topological polar surface area (TPSA) is 111 Å². The molecule has 5 rings (SSSR count). The normalized spacial score (nSPS) is 27.6. The van der Waals surface area contributed by atoms with Gasteiger partial charge >= 0.3 is 0 Å². The van der Waals surface area contributed by atoms with Crippen LogP contribution in [0.4, 0.5) is 5.69 Å². The van der Waals surface area contributed by atoms with E-state index < -0.39 is 29.7 Å². The number of nitrogens with zero attached hydrogens (tertiary/aromatic N) is 4. The molecule has 36 heavy (non-hydrogen) atoms. The molecule has 0 saturated carbocycles. The van der Waals surface area contributed by atoms with Gasteiger partial charge in [0, 0.05) is 41.8 Å². The van der Waals surface area contributed by atoms with Crippen molar-refractivity contribution in [2.45, 2.75) is 25.4 Å². The highest BCUT2D eigenvalue weighted by Gasteiger charge is 2.41. The molecule has 4 amide bonds. The first kappa shape index (κ1) is 24.3. The third kappa shape index (κ3) is 4.14. The molecule has 4 heterocycles. The molecule has 0 atom stereocenters. The molecule has 0 spiro atoms. The number of carbonyl (C=O) groups is 4. The van der Waals surface area contributed by atoms with Crippen LogP contribution >= 0.6 is 23.2 Å². The van der Waals surface area contributed by atoms with Crippen LogP contribution < -0.4 is 4.90 Å². The molecule has 3 aliphatic heterocycles. The van der Waals surface area contributed by atoms with Gasteiger partial charge in [0.2, 0.25) is 0 Å². The van der Waals surface area contributed by atoms with Crippen molar-refractivity contribution in [3.8, 4) is 0 Å². The first-order valence-electron chi connectivity index (χ1n) is 11.2. The third-order valence-electron chi connectivity index (χ3n) is 6.46. The fourth-order valence-corrected chi connectivity index (χ4v) is 5.01. The minimum Gasteiger partial charge on any atom is -0.393 e. The summed E-state index contributed by atoms with van der Waals surface area (Å²) in [6.07, 6.45) is 6.21. The Hall–Kier alpha value is -3.37. The maximum Gasteiger partial charge on any atom is 0.276 e. The van der Waals surface area contributed by atoms with Crippen LogP contribution in [0.5, 0.6) is 0 Å². The van der Waals surface area contributed by atoms with Crippen LogP contribution in [0.1, 0.15) is 19.3 Å². The fraction of sp³-hybridized carbons (Fsp3) is 0.240. The number of aromatic nitrogens is 1. The largest absolute Gasteiger partial charge is 0.393 e. The van der Waals surface area contributed by atoms with Crippen LogP contribution in [0, 0.1) is 0 Å². The number of hydrogen-bond donors (Lipinski definition) is 1. The van der Waals surface area contributed by atoms with Crippen molar-refractivity contribution < 1.29 is 24.3 Å². The molecule has 11 heteroatoms. The zero-order chi connectivity index (χ0) is 25.7. The summed E-state index contributed by atoms with van der Waals surface area (Å²) in [6.45, 7) is 4.60. The SMILES string of the molecule is C=C1/C2=C\C=C3/C/C(=C\C=C/1C(=O)N(N1CCC(O)CC1)C2=O)C(=O)N(c1cc(Cl)nc(Cl)c1)C3=O. The van der Waals surface area contributed by atoms with Crippen molar-refractivity contribution in [1.82, 2.24) is 15.0 Å². The average molecular weight is 527 g/mol. The molecule has 3 fully saturated rings. The van der Waals surface area contributed by atoms with Crippen molar-refractivity contribution in [3.63, 3.8) is 0 Å². The number of carbonyl (C=O) groups excluding carboxylic acids is 4. The van der Waals surface area contributed by atoms with E-state index in [-0.39, 0.29) is 50.3 Å². The Bertz CT molecular complexity index is 1280. The molecule has 4 aliphatic rings. The summed E-state index contributed by atoms with van der Waals surface area (Å²) >= 11 is 12.0. The number of fused-ring (bicyclic) bond motifs is 4. The summed E-state index contributed by atoms with van der Waals surface area (Å²) in [4.78, 5) is 58.2. The standard InChI is InChI=1S/C25H20Cl2N4O5/c1-13-18-4-2-14-10-15(23(34)30(22(14)33)16-11-20(26)28-21(27)12-16)3-5-19(13)25(36)31(24(18)35)29-8-6-17(32)7-9-29/h2-5,11-12,17,32H,1,6-10H2/b14-2+,15-3+,18-4+,19-5+. The number of halogens is 2. The van der Waals surface area contributed by atoms with Crippen molar-refractivity contribution in [2.24, 2.45) is 0 Å². The Kier molecular flexibility index (Phi) is 6.25. The zero-order valence-corrected chi connectivity index (χ0v) is 20.4. The van der Waals surface area contributed by atoms with E-state index >= 15 is 0 Å². The number of aliphatic hydroxyl groups excluding tert-OH is 1. The predicted molar refractivity (Wildman–Crippen MR) is 132 cm³/mol. The van der Waals surface area contributed by atoms with Gasteiger partial charge in [0.25, 0.3) is 23.6 Å². The summed E-state index contributed by atoms with van der Waals surface area (Å²) in [6, 6.07) is 2.70. The van der Waals surface area contributed by atoms with E-state index in [1.165, 1.54) is 36.4 Å². The molecular formula is C25H20Cl2N4O5. The Balaban J connectivity index is 1.60. The van der Waals surface area contributed by atoms with Gasteiger partial charge in [-0.2, -0.15) is 0 Å². The van der Waals surface area contributed by atoms with E-state index in [1.54, 1.807) is 5.01 Å². The van der Waals surface area contributed by atoms with Crippen LogP contribution in [0.25, 0.3) is 0 Å². The number of pyridine rings is 1. The number of rotatable bonds is 2. The first-order valence-corrected chi connectivity index (χ1v) is 12.0. The van der Waals surface area contributed by atoms with E-state index in [0.717, 1.165) is 9.91 Å². The molecule has 0 unspecified atom stereocenters. The minimum atomic E-state index is -0.594. The van der Waals surface area contributed by atoms with E-state index in [2.05, 4.69) is 11.6 Å². The highest BCUT2D eigenvalue weighted by Crippen LogP contribution is 2.35. The molecule has 0 radical (unpaired) electrons. The number of hydrogen-bond acceptors (Lipinski definition) is 7. The van der Waals surface area contributed by atoms with Crippen LogP contribution in [-0.4, -0.2) is 62.9 Å². The molecule has 4 bridgehead atoms. The number of aliphatic hydroxyl groups is 1. The second-order valence-corrected chi connectivity index (χ2v) is 9.50. The molecule has 9 nitrogen and oxygen atoms in total. The van der Waals surface area contributed by atoms with Gasteiger partial charge in [-0.05, 0) is 42.7 Å². The van der Waals surface area contributed by atoms with Gasteiger partial charge in [0.15, 0.2) is 0 Å². The average Bonchev–Trinajstić information content (AvgIpc) is 2.81. The van der Waals surface area contributed by atoms with Crippen LogP contribution in [0.2, 0.25) is 10.3 Å². The zero-order valence-electron chi connectivity index (χ0n) is 18.9. The number of piperidine rings is 3. The Morgan fingerprint density at radius 1 is 0.833 bits per heavy atom. The Morgan fingerprint density at radius 3 is 1.83 bits per heavy atom. The number of hydrazine groups is 1. The van der Waals surface area contributed by atoms with Gasteiger partial charge in [-0.15, -0.1) is 0 Å². The van der Waals surface area contributed by atoms with Crippen LogP contribution in [0.3, 0.4) is 0 Å². The van der Waals surface area contributed by atoms with Gasteiger partial charge in [0.05, 0.1) is 11.8 Å². The van der Waals surface area contributed by atoms with Crippen LogP contribution in [-0.2, 0) is 19.2 Å². The van der Waals surface area contributed by atoms with Crippen molar-refractivity contribution >= 4 is 52.5 Å². The summed E-state index contributed by atoms with van der Waals surface area (Å²) in [7, 11) is 0. The molecule has 1 aliphatic carbocycles. The quantitative estimate of drug-likeness (QED) is 0.465. The summed E-state index contributed by atoms with van der Waals surface area (Å²) in [5.41, 5.74) is 1.17. The van der Waals surface area contributed by atoms with Crippen molar-refractivity contribution in [2.75, 3.05) is 18.0 Å². The molecule has 3 saturated heterocycles. The lowest BCUT2D eigenvalue weighted by atomic mass is 9.89. The molecule has 184 valence electrons. The number of allylic oxidation sites excluding steroid dienone is 4. The molecule has 1 aromatic heterocycles. The third-order valence-corrected chi connectivity index (χ3v) is 6.85. The van der Waals surface area contributed by atoms with Gasteiger partial charge < -0.3 is 5.11 Å². The smallest absolute Gasteiger partial charge is 0.276 e. The lowest BCUT2D eigenvalue weighted by Crippen LogP contribution is -2.56. The second-order valence-electron chi connectivity index (χ2n) is 8.72. The molecule has 1 aromatic rings. The minimum absolute atomic E-state index is 0.0108. The molecular weight excluding hydrogens is 507 g/mol. The van der Waals surface area contributed by atoms with E-state index in [0.29, 0.717) is 25.9 Å². The monoisotopic (exact) mass is 526 g/mol. The predicted octanol–water partition coefficient (Wildman–Crippen LogP) is 2.67. The fourth-order valence-electron chi connectivity index (χ4n) is 4.56. The van der Waals surface area contributed by atoms with Gasteiger partial charge in [0.1, 0.15) is 10.3 Å². The maximum absolute atomic E-state index is 13.4. The first-order chi connectivity index (χ1) is 17.2. The van der Waals surface area contributed by atoms with Gasteiger partial charge in [-0.1, -0.05) is 41.9 Å². The summed E-state index contributed by atoms with van der Waals surface area (Å²) in [5, 5.41) is 12.5. The van der Waals surface area contributed by atoms with Crippen LogP contribution in [0.15, 0.2) is 70.9 Å². The van der Waals surface area contributed by atoms with Crippen molar-refractivity contribution in [3.05, 3.63) is 81.2 Å². The number of amides is 4. The maximum atomic E-state index is 13.4. The van der Waals surface area contributed by atoms with Crippen molar-refractivity contribution in [1.29, 1.82) is 0 Å². The van der Waals surface area contributed by atoms with Gasteiger partial charge in [-0.25, -0.2) is 19.9 Å². The Labute approximate surface area is 216 Å². The highest BCUT2D eigenvalue weighted by molar-refractivity contribution is 6.34. The van der Waals surface area contributed by atoms with E-state index in [9.17, 15) is 24.3 Å². The molecule has 0 aromatic carbocycles. The lowest BCUT2D eigenvalue weighted by molar-refractivity contribution is -0.163. The summed E-state index contributed by atoms with van der Waals surface area (Å²) < 4.78 is 0. The van der Waals surface area contributed by atoms with E-state index in [4.69, 9.17) is 23.2 Å².